The molecule has 4 heteroatoms. The van der Waals surface area contributed by atoms with Gasteiger partial charge in [-0.2, -0.15) is 0 Å². The van der Waals surface area contributed by atoms with Crippen LogP contribution in [0.5, 0.6) is 0 Å². The van der Waals surface area contributed by atoms with Crippen LogP contribution in [0.4, 0.5) is 5.13 Å². The molecule has 19 heavy (non-hydrogen) atoms. The fourth-order valence-electron chi connectivity index (χ4n) is 2.79. The summed E-state index contributed by atoms with van der Waals surface area (Å²) in [5.41, 5.74) is 1.62. The molecule has 0 fully saturated rings. The van der Waals surface area contributed by atoms with Crippen LogP contribution in [0, 0.1) is 5.41 Å². The van der Waals surface area contributed by atoms with Crippen molar-refractivity contribution in [2.45, 2.75) is 53.0 Å². The molecular formula is C15H27N3S. The first-order valence-corrected chi connectivity index (χ1v) is 8.16. The molecule has 2 rings (SSSR count). The number of hydrogen-bond acceptors (Lipinski definition) is 4. The van der Waals surface area contributed by atoms with Crippen LogP contribution in [-0.2, 0) is 6.42 Å². The van der Waals surface area contributed by atoms with Gasteiger partial charge in [0.2, 0.25) is 0 Å². The highest BCUT2D eigenvalue weighted by atomic mass is 32.1. The van der Waals surface area contributed by atoms with Crippen LogP contribution in [0.3, 0.4) is 0 Å². The lowest BCUT2D eigenvalue weighted by Gasteiger charge is -2.26. The Kier molecular flexibility index (Phi) is 4.51. The minimum absolute atomic E-state index is 0.308. The SMILES string of the molecule is CCNC1CCCc2sc(N(C)CC(C)(C)C)nc21. The Morgan fingerprint density at radius 3 is 2.79 bits per heavy atom. The van der Waals surface area contributed by atoms with Gasteiger partial charge in [0, 0.05) is 18.5 Å². The third-order valence-corrected chi connectivity index (χ3v) is 4.68. The summed E-state index contributed by atoms with van der Waals surface area (Å²) >= 11 is 1.89. The third kappa shape index (κ3) is 3.69. The fourth-order valence-corrected chi connectivity index (χ4v) is 3.92. The van der Waals surface area contributed by atoms with Crippen LogP contribution in [0.2, 0.25) is 0 Å². The van der Waals surface area contributed by atoms with E-state index in [1.165, 1.54) is 35.0 Å². The Morgan fingerprint density at radius 2 is 2.16 bits per heavy atom. The molecule has 1 atom stereocenters. The number of nitrogens with zero attached hydrogens (tertiary/aromatic N) is 2. The Balaban J connectivity index is 2.16. The van der Waals surface area contributed by atoms with Gasteiger partial charge in [0.05, 0.1) is 11.7 Å². The van der Waals surface area contributed by atoms with Gasteiger partial charge in [0.1, 0.15) is 0 Å². The van der Waals surface area contributed by atoms with Gasteiger partial charge in [-0.05, 0) is 31.2 Å². The number of anilines is 1. The maximum absolute atomic E-state index is 4.92. The number of hydrogen-bond donors (Lipinski definition) is 1. The molecule has 0 aromatic carbocycles. The van der Waals surface area contributed by atoms with Crippen LogP contribution >= 0.6 is 11.3 Å². The smallest absolute Gasteiger partial charge is 0.185 e. The predicted molar refractivity (Wildman–Crippen MR) is 84.2 cm³/mol. The van der Waals surface area contributed by atoms with Crippen LogP contribution < -0.4 is 10.2 Å². The summed E-state index contributed by atoms with van der Waals surface area (Å²) in [4.78, 5) is 8.72. The van der Waals surface area contributed by atoms with Crippen molar-refractivity contribution in [1.82, 2.24) is 10.3 Å². The molecule has 3 nitrogen and oxygen atoms in total. The number of rotatable bonds is 4. The van der Waals surface area contributed by atoms with Crippen molar-refractivity contribution in [3.63, 3.8) is 0 Å². The molecular weight excluding hydrogens is 254 g/mol. The highest BCUT2D eigenvalue weighted by Crippen LogP contribution is 2.36. The molecule has 0 bridgehead atoms. The van der Waals surface area contributed by atoms with Crippen LogP contribution in [0.25, 0.3) is 0 Å². The van der Waals surface area contributed by atoms with E-state index in [1.807, 2.05) is 11.3 Å². The largest absolute Gasteiger partial charge is 0.351 e. The highest BCUT2D eigenvalue weighted by Gasteiger charge is 2.25. The summed E-state index contributed by atoms with van der Waals surface area (Å²) < 4.78 is 0. The summed E-state index contributed by atoms with van der Waals surface area (Å²) in [7, 11) is 2.16. The van der Waals surface area contributed by atoms with E-state index in [-0.39, 0.29) is 0 Å². The first-order valence-electron chi connectivity index (χ1n) is 7.35. The van der Waals surface area contributed by atoms with E-state index in [1.54, 1.807) is 0 Å². The number of aromatic nitrogens is 1. The normalized spacial score (nSPS) is 19.3. The molecule has 0 aliphatic heterocycles. The summed E-state index contributed by atoms with van der Waals surface area (Å²) in [6.45, 7) is 11.1. The summed E-state index contributed by atoms with van der Waals surface area (Å²) in [5.74, 6) is 0. The lowest BCUT2D eigenvalue weighted by atomic mass is 9.96. The van der Waals surface area contributed by atoms with Crippen LogP contribution in [0.1, 0.15) is 57.1 Å². The Morgan fingerprint density at radius 1 is 1.42 bits per heavy atom. The maximum Gasteiger partial charge on any atom is 0.185 e. The van der Waals surface area contributed by atoms with E-state index < -0.39 is 0 Å². The van der Waals surface area contributed by atoms with Gasteiger partial charge in [0.15, 0.2) is 5.13 Å². The second-order valence-electron chi connectivity index (χ2n) is 6.72. The van der Waals surface area contributed by atoms with Crippen LogP contribution in [0.15, 0.2) is 0 Å². The van der Waals surface area contributed by atoms with Crippen molar-refractivity contribution in [3.8, 4) is 0 Å². The van der Waals surface area contributed by atoms with Gasteiger partial charge in [0.25, 0.3) is 0 Å². The highest BCUT2D eigenvalue weighted by molar-refractivity contribution is 7.15. The summed E-state index contributed by atoms with van der Waals surface area (Å²) in [6.07, 6.45) is 3.72. The first-order chi connectivity index (χ1) is 8.90. The average molecular weight is 281 g/mol. The number of nitrogens with one attached hydrogen (secondary N) is 1. The van der Waals surface area contributed by atoms with Gasteiger partial charge in [-0.15, -0.1) is 11.3 Å². The second kappa shape index (κ2) is 5.80. The van der Waals surface area contributed by atoms with Crippen molar-refractivity contribution in [2.24, 2.45) is 5.41 Å². The minimum atomic E-state index is 0.308. The van der Waals surface area contributed by atoms with Crippen molar-refractivity contribution in [1.29, 1.82) is 0 Å². The molecule has 0 saturated carbocycles. The molecule has 1 aromatic rings. The minimum Gasteiger partial charge on any atom is -0.351 e. The van der Waals surface area contributed by atoms with E-state index in [9.17, 15) is 0 Å². The van der Waals surface area contributed by atoms with Gasteiger partial charge < -0.3 is 10.2 Å². The molecule has 1 aliphatic carbocycles. The number of aryl methyl sites for hydroxylation is 1. The zero-order chi connectivity index (χ0) is 14.0. The Bertz CT molecular complexity index is 420. The van der Waals surface area contributed by atoms with E-state index in [0.29, 0.717) is 11.5 Å². The molecule has 1 N–H and O–H groups in total. The van der Waals surface area contributed by atoms with Crippen molar-refractivity contribution in [2.75, 3.05) is 25.0 Å². The zero-order valence-electron chi connectivity index (χ0n) is 12.9. The maximum atomic E-state index is 4.92. The summed E-state index contributed by atoms with van der Waals surface area (Å²) in [5, 5.41) is 4.75. The topological polar surface area (TPSA) is 28.2 Å². The van der Waals surface area contributed by atoms with Crippen molar-refractivity contribution in [3.05, 3.63) is 10.6 Å². The molecule has 0 saturated heterocycles. The fraction of sp³-hybridized carbons (Fsp3) is 0.800. The standard InChI is InChI=1S/C15H27N3S/c1-6-16-11-8-7-9-12-13(11)17-14(19-12)18(5)10-15(2,3)4/h11,16H,6-10H2,1-5H3. The third-order valence-electron chi connectivity index (χ3n) is 3.43. The predicted octanol–water partition coefficient (Wildman–Crippen LogP) is 3.61. The van der Waals surface area contributed by atoms with Gasteiger partial charge in [-0.25, -0.2) is 4.98 Å². The van der Waals surface area contributed by atoms with Crippen LogP contribution in [-0.4, -0.2) is 25.1 Å². The lowest BCUT2D eigenvalue weighted by molar-refractivity contribution is 0.418. The molecule has 1 unspecified atom stereocenters. The number of fused-ring (bicyclic) bond motifs is 1. The molecule has 1 aliphatic rings. The van der Waals surface area contributed by atoms with E-state index in [0.717, 1.165) is 13.1 Å². The second-order valence-corrected chi connectivity index (χ2v) is 7.79. The van der Waals surface area contributed by atoms with Crippen molar-refractivity contribution < 1.29 is 0 Å². The van der Waals surface area contributed by atoms with E-state index in [4.69, 9.17) is 4.98 Å². The van der Waals surface area contributed by atoms with Crippen molar-refractivity contribution >= 4 is 16.5 Å². The molecule has 108 valence electrons. The molecule has 1 aromatic heterocycles. The van der Waals surface area contributed by atoms with E-state index >= 15 is 0 Å². The molecule has 0 radical (unpaired) electrons. The quantitative estimate of drug-likeness (QED) is 0.914. The van der Waals surface area contributed by atoms with Gasteiger partial charge in [-0.3, -0.25) is 0 Å². The van der Waals surface area contributed by atoms with Gasteiger partial charge in [-0.1, -0.05) is 27.7 Å². The lowest BCUT2D eigenvalue weighted by Crippen LogP contribution is -2.29. The molecule has 0 amide bonds. The summed E-state index contributed by atoms with van der Waals surface area (Å²) in [6, 6.07) is 0.474. The zero-order valence-corrected chi connectivity index (χ0v) is 13.7. The Hall–Kier alpha value is -0.610. The van der Waals surface area contributed by atoms with Gasteiger partial charge >= 0.3 is 0 Å². The molecule has 1 heterocycles. The number of thiazole rings is 1. The van der Waals surface area contributed by atoms with E-state index in [2.05, 4.69) is 45.0 Å². The first kappa shape index (κ1) is 14.8. The monoisotopic (exact) mass is 281 g/mol. The Labute approximate surface area is 121 Å². The molecule has 0 spiro atoms. The average Bonchev–Trinajstić information content (AvgIpc) is 2.72.